The minimum atomic E-state index is -0.793. The predicted octanol–water partition coefficient (Wildman–Crippen LogP) is 1.95. The van der Waals surface area contributed by atoms with Crippen LogP contribution in [-0.2, 0) is 0 Å². The Morgan fingerprint density at radius 1 is 1.35 bits per heavy atom. The SMILES string of the molecule is C[C@H]1N(O)C(C)(C)C(c2ccc(F)cc2)=[N+]1[O-]. The molecule has 0 unspecified atom stereocenters. The average molecular weight is 238 g/mol. The van der Waals surface area contributed by atoms with Gasteiger partial charge >= 0.3 is 0 Å². The van der Waals surface area contributed by atoms with E-state index in [4.69, 9.17) is 0 Å². The summed E-state index contributed by atoms with van der Waals surface area (Å²) in [6.07, 6.45) is -0.648. The summed E-state index contributed by atoms with van der Waals surface area (Å²) in [6, 6.07) is 5.69. The number of benzene rings is 1. The van der Waals surface area contributed by atoms with Crippen LogP contribution in [-0.4, -0.2) is 32.4 Å². The number of hydrogen-bond acceptors (Lipinski definition) is 3. The summed E-state index contributed by atoms with van der Waals surface area (Å²) in [5.41, 5.74) is 0.265. The summed E-state index contributed by atoms with van der Waals surface area (Å²) < 4.78 is 13.6. The monoisotopic (exact) mass is 238 g/mol. The third kappa shape index (κ3) is 1.71. The second-order valence-electron chi connectivity index (χ2n) is 4.72. The van der Waals surface area contributed by atoms with Gasteiger partial charge in [0.1, 0.15) is 11.4 Å². The maximum atomic E-state index is 12.9. The molecule has 1 N–H and O–H groups in total. The molecular formula is C12H15FN2O2. The zero-order valence-corrected chi connectivity index (χ0v) is 10.0. The van der Waals surface area contributed by atoms with Crippen LogP contribution in [0.4, 0.5) is 4.39 Å². The zero-order chi connectivity index (χ0) is 12.8. The van der Waals surface area contributed by atoms with Crippen molar-refractivity contribution < 1.29 is 14.3 Å². The Hall–Kier alpha value is -1.46. The Bertz CT molecular complexity index is 468. The highest BCUT2D eigenvalue weighted by molar-refractivity contribution is 6.04. The van der Waals surface area contributed by atoms with Crippen LogP contribution < -0.4 is 0 Å². The lowest BCUT2D eigenvalue weighted by Crippen LogP contribution is -2.45. The summed E-state index contributed by atoms with van der Waals surface area (Å²) in [4.78, 5) is 0. The first-order valence-electron chi connectivity index (χ1n) is 5.43. The third-order valence-corrected chi connectivity index (χ3v) is 3.18. The summed E-state index contributed by atoms with van der Waals surface area (Å²) in [5.74, 6) is -0.350. The van der Waals surface area contributed by atoms with Gasteiger partial charge in [0.15, 0.2) is 0 Å². The molecule has 0 saturated heterocycles. The molecule has 1 aromatic carbocycles. The van der Waals surface area contributed by atoms with Gasteiger partial charge in [-0.2, -0.15) is 4.74 Å². The van der Waals surface area contributed by atoms with E-state index in [0.29, 0.717) is 11.3 Å². The van der Waals surface area contributed by atoms with Crippen molar-refractivity contribution in [1.29, 1.82) is 0 Å². The molecule has 1 aliphatic heterocycles. The number of halogens is 1. The van der Waals surface area contributed by atoms with Crippen molar-refractivity contribution >= 4 is 5.71 Å². The van der Waals surface area contributed by atoms with Crippen molar-refractivity contribution in [2.75, 3.05) is 0 Å². The second-order valence-corrected chi connectivity index (χ2v) is 4.72. The molecule has 1 aliphatic rings. The van der Waals surface area contributed by atoms with E-state index in [1.165, 1.54) is 12.1 Å². The van der Waals surface area contributed by atoms with Gasteiger partial charge in [-0.3, -0.25) is 0 Å². The molecule has 0 bridgehead atoms. The molecular weight excluding hydrogens is 223 g/mol. The van der Waals surface area contributed by atoms with E-state index in [9.17, 15) is 14.8 Å². The lowest BCUT2D eigenvalue weighted by molar-refractivity contribution is -0.531. The number of nitrogens with zero attached hydrogens (tertiary/aromatic N) is 2. The topological polar surface area (TPSA) is 49.5 Å². The first-order valence-corrected chi connectivity index (χ1v) is 5.43. The Morgan fingerprint density at radius 2 is 1.88 bits per heavy atom. The van der Waals surface area contributed by atoms with Crippen LogP contribution in [0.3, 0.4) is 0 Å². The first-order chi connectivity index (χ1) is 7.85. The fourth-order valence-electron chi connectivity index (χ4n) is 2.22. The molecule has 4 nitrogen and oxygen atoms in total. The molecule has 92 valence electrons. The van der Waals surface area contributed by atoms with Crippen LogP contribution in [0, 0.1) is 11.0 Å². The minimum Gasteiger partial charge on any atom is -0.622 e. The minimum absolute atomic E-state index is 0.350. The molecule has 0 amide bonds. The van der Waals surface area contributed by atoms with E-state index in [1.54, 1.807) is 32.9 Å². The lowest BCUT2D eigenvalue weighted by Gasteiger charge is -2.23. The highest BCUT2D eigenvalue weighted by atomic mass is 19.1. The molecule has 1 atom stereocenters. The quantitative estimate of drug-likeness (QED) is 0.601. The van der Waals surface area contributed by atoms with E-state index >= 15 is 0 Å². The summed E-state index contributed by atoms with van der Waals surface area (Å²) >= 11 is 0. The third-order valence-electron chi connectivity index (χ3n) is 3.18. The van der Waals surface area contributed by atoms with Gasteiger partial charge in [0.2, 0.25) is 11.9 Å². The highest BCUT2D eigenvalue weighted by Gasteiger charge is 2.50. The fraction of sp³-hybridized carbons (Fsp3) is 0.417. The molecule has 0 fully saturated rings. The molecule has 17 heavy (non-hydrogen) atoms. The van der Waals surface area contributed by atoms with Crippen LogP contribution in [0.5, 0.6) is 0 Å². The van der Waals surface area contributed by atoms with Gasteiger partial charge in [0, 0.05) is 12.5 Å². The normalized spacial score (nSPS) is 24.4. The fourth-order valence-corrected chi connectivity index (χ4v) is 2.22. The van der Waals surface area contributed by atoms with Crippen LogP contribution >= 0.6 is 0 Å². The van der Waals surface area contributed by atoms with Crippen LogP contribution in [0.2, 0.25) is 0 Å². The molecule has 0 saturated carbocycles. The number of hydrogen-bond donors (Lipinski definition) is 1. The maximum absolute atomic E-state index is 12.9. The van der Waals surface area contributed by atoms with Crippen LogP contribution in [0.15, 0.2) is 24.3 Å². The molecule has 2 rings (SSSR count). The van der Waals surface area contributed by atoms with Crippen LogP contribution in [0.1, 0.15) is 26.3 Å². The number of hydroxylamine groups is 3. The molecule has 0 aromatic heterocycles. The first kappa shape index (κ1) is 12.0. The van der Waals surface area contributed by atoms with E-state index in [2.05, 4.69) is 0 Å². The van der Waals surface area contributed by atoms with Gasteiger partial charge < -0.3 is 10.4 Å². The van der Waals surface area contributed by atoms with Crippen LogP contribution in [0.25, 0.3) is 0 Å². The van der Waals surface area contributed by atoms with Crippen molar-refractivity contribution in [3.63, 3.8) is 0 Å². The van der Waals surface area contributed by atoms with Crippen molar-refractivity contribution in [3.05, 3.63) is 40.9 Å². The van der Waals surface area contributed by atoms with Gasteiger partial charge in [-0.1, -0.05) is 0 Å². The van der Waals surface area contributed by atoms with E-state index < -0.39 is 11.7 Å². The van der Waals surface area contributed by atoms with E-state index in [1.807, 2.05) is 0 Å². The Kier molecular flexibility index (Phi) is 2.67. The standard InChI is InChI=1S/C12H15FN2O2/c1-8-14(16)11(12(2,3)15(8)17)9-4-6-10(13)7-5-9/h4-8,17H,1-3H3/t8-/m1/s1. The Morgan fingerprint density at radius 3 is 2.29 bits per heavy atom. The van der Waals surface area contributed by atoms with Gasteiger partial charge in [-0.15, -0.1) is 5.06 Å². The smallest absolute Gasteiger partial charge is 0.238 e. The van der Waals surface area contributed by atoms with E-state index in [-0.39, 0.29) is 5.82 Å². The molecule has 5 heteroatoms. The second kappa shape index (κ2) is 3.78. The summed E-state index contributed by atoms with van der Waals surface area (Å²) in [6.45, 7) is 5.12. The molecule has 1 heterocycles. The molecule has 0 spiro atoms. The zero-order valence-electron chi connectivity index (χ0n) is 10.0. The Balaban J connectivity index is 2.53. The van der Waals surface area contributed by atoms with Crippen molar-refractivity contribution in [3.8, 4) is 0 Å². The van der Waals surface area contributed by atoms with E-state index in [0.717, 1.165) is 9.80 Å². The average Bonchev–Trinajstić information content (AvgIpc) is 2.42. The van der Waals surface area contributed by atoms with Gasteiger partial charge in [0.05, 0.1) is 0 Å². The summed E-state index contributed by atoms with van der Waals surface area (Å²) in [7, 11) is 0. The number of rotatable bonds is 1. The molecule has 0 radical (unpaired) electrons. The van der Waals surface area contributed by atoms with Gasteiger partial charge in [0.25, 0.3) is 0 Å². The largest absolute Gasteiger partial charge is 0.622 e. The van der Waals surface area contributed by atoms with Crippen molar-refractivity contribution in [1.82, 2.24) is 5.06 Å². The van der Waals surface area contributed by atoms with Gasteiger partial charge in [-0.05, 0) is 38.1 Å². The summed E-state index contributed by atoms with van der Waals surface area (Å²) in [5, 5.41) is 22.9. The Labute approximate surface area is 99.1 Å². The predicted molar refractivity (Wildman–Crippen MR) is 61.3 cm³/mol. The maximum Gasteiger partial charge on any atom is 0.238 e. The molecule has 1 aromatic rings. The molecule has 0 aliphatic carbocycles. The van der Waals surface area contributed by atoms with Crippen molar-refractivity contribution in [2.45, 2.75) is 32.5 Å². The lowest BCUT2D eigenvalue weighted by atomic mass is 9.93. The highest BCUT2D eigenvalue weighted by Crippen LogP contribution is 2.28. The van der Waals surface area contributed by atoms with Crippen molar-refractivity contribution in [2.24, 2.45) is 0 Å². The van der Waals surface area contributed by atoms with Gasteiger partial charge in [-0.25, -0.2) is 4.39 Å².